The van der Waals surface area contributed by atoms with Crippen LogP contribution in [0.5, 0.6) is 0 Å². The topological polar surface area (TPSA) is 74.6 Å². The number of carbonyl (C=O) groups excluding carboxylic acids is 2. The highest BCUT2D eigenvalue weighted by molar-refractivity contribution is 5.93. The molecule has 1 aliphatic heterocycles. The van der Waals surface area contributed by atoms with Crippen LogP contribution >= 0.6 is 0 Å². The van der Waals surface area contributed by atoms with Crippen molar-refractivity contribution in [3.63, 3.8) is 0 Å². The number of hydrogen-bond donors (Lipinski definition) is 2. The molecule has 1 fully saturated rings. The number of amides is 2. The van der Waals surface area contributed by atoms with Gasteiger partial charge in [-0.15, -0.1) is 0 Å². The zero-order valence-corrected chi connectivity index (χ0v) is 15.0. The summed E-state index contributed by atoms with van der Waals surface area (Å²) in [5.74, 6) is 0.0386. The minimum absolute atomic E-state index is 0.00837. The van der Waals surface area contributed by atoms with E-state index in [1.54, 1.807) is 6.07 Å². The molecule has 0 radical (unpaired) electrons. The summed E-state index contributed by atoms with van der Waals surface area (Å²) in [6.45, 7) is 3.95. The number of likely N-dealkylation sites (tertiary alicyclic amines) is 1. The fraction of sp³-hybridized carbons (Fsp3) is 0.400. The lowest BCUT2D eigenvalue weighted by Crippen LogP contribution is -2.46. The van der Waals surface area contributed by atoms with Gasteiger partial charge in [-0.1, -0.05) is 18.2 Å². The molecule has 2 heterocycles. The molecule has 0 saturated carbocycles. The molecule has 6 nitrogen and oxygen atoms in total. The van der Waals surface area contributed by atoms with Gasteiger partial charge in [0.05, 0.1) is 11.8 Å². The average Bonchev–Trinajstić information content (AvgIpc) is 3.18. The van der Waals surface area contributed by atoms with E-state index >= 15 is 0 Å². The van der Waals surface area contributed by atoms with E-state index in [1.165, 1.54) is 18.1 Å². The van der Waals surface area contributed by atoms with Gasteiger partial charge in [0.2, 0.25) is 5.91 Å². The Labute approximate surface area is 153 Å². The SMILES string of the molecule is Cc1ccccc1NCCC(=O)NC1CCN(C(=O)c2ccoc2)CC1. The summed E-state index contributed by atoms with van der Waals surface area (Å²) in [6.07, 6.45) is 4.96. The molecule has 0 unspecified atom stereocenters. The van der Waals surface area contributed by atoms with E-state index in [4.69, 9.17) is 4.42 Å². The third-order valence-corrected chi connectivity index (χ3v) is 4.73. The van der Waals surface area contributed by atoms with Crippen LogP contribution in [0.4, 0.5) is 5.69 Å². The molecule has 2 aromatic rings. The zero-order valence-electron chi connectivity index (χ0n) is 15.0. The van der Waals surface area contributed by atoms with Gasteiger partial charge in [0.15, 0.2) is 0 Å². The van der Waals surface area contributed by atoms with Crippen molar-refractivity contribution in [1.29, 1.82) is 0 Å². The maximum Gasteiger partial charge on any atom is 0.257 e. The molecule has 0 spiro atoms. The van der Waals surface area contributed by atoms with E-state index in [-0.39, 0.29) is 17.9 Å². The molecule has 1 aromatic carbocycles. The third-order valence-electron chi connectivity index (χ3n) is 4.73. The van der Waals surface area contributed by atoms with Crippen LogP contribution in [0, 0.1) is 6.92 Å². The second kappa shape index (κ2) is 8.56. The number of benzene rings is 1. The summed E-state index contributed by atoms with van der Waals surface area (Å²) >= 11 is 0. The molecule has 26 heavy (non-hydrogen) atoms. The van der Waals surface area contributed by atoms with Crippen molar-refractivity contribution in [2.75, 3.05) is 25.0 Å². The summed E-state index contributed by atoms with van der Waals surface area (Å²) in [5.41, 5.74) is 2.81. The van der Waals surface area contributed by atoms with Gasteiger partial charge in [-0.2, -0.15) is 0 Å². The zero-order chi connectivity index (χ0) is 18.4. The van der Waals surface area contributed by atoms with Gasteiger partial charge in [-0.25, -0.2) is 0 Å². The van der Waals surface area contributed by atoms with Crippen molar-refractivity contribution < 1.29 is 14.0 Å². The molecule has 1 aliphatic rings. The summed E-state index contributed by atoms with van der Waals surface area (Å²) in [5, 5.41) is 6.37. The Morgan fingerprint density at radius 3 is 2.65 bits per heavy atom. The number of hydrogen-bond acceptors (Lipinski definition) is 4. The van der Waals surface area contributed by atoms with Crippen LogP contribution in [0.1, 0.15) is 35.2 Å². The first-order valence-electron chi connectivity index (χ1n) is 9.04. The highest BCUT2D eigenvalue weighted by Gasteiger charge is 2.24. The first kappa shape index (κ1) is 18.0. The number of carbonyl (C=O) groups is 2. The van der Waals surface area contributed by atoms with E-state index in [0.29, 0.717) is 31.6 Å². The van der Waals surface area contributed by atoms with Gasteiger partial charge in [0.25, 0.3) is 5.91 Å². The van der Waals surface area contributed by atoms with Crippen LogP contribution in [-0.2, 0) is 4.79 Å². The predicted octanol–water partition coefficient (Wildman–Crippen LogP) is 2.81. The number of aryl methyl sites for hydroxylation is 1. The number of nitrogens with one attached hydrogen (secondary N) is 2. The maximum atomic E-state index is 12.3. The van der Waals surface area contributed by atoms with E-state index in [1.807, 2.05) is 36.1 Å². The normalized spacial score (nSPS) is 14.9. The first-order chi connectivity index (χ1) is 12.6. The lowest BCUT2D eigenvalue weighted by atomic mass is 10.0. The van der Waals surface area contributed by atoms with Gasteiger partial charge in [-0.3, -0.25) is 9.59 Å². The number of anilines is 1. The highest BCUT2D eigenvalue weighted by Crippen LogP contribution is 2.15. The average molecular weight is 355 g/mol. The molecular weight excluding hydrogens is 330 g/mol. The van der Waals surface area contributed by atoms with Gasteiger partial charge in [-0.05, 0) is 37.5 Å². The molecule has 1 aromatic heterocycles. The van der Waals surface area contributed by atoms with Crippen LogP contribution in [0.3, 0.4) is 0 Å². The third kappa shape index (κ3) is 4.65. The molecule has 2 amide bonds. The molecule has 0 aliphatic carbocycles. The van der Waals surface area contributed by atoms with E-state index < -0.39 is 0 Å². The minimum atomic E-state index is -0.00837. The van der Waals surface area contributed by atoms with Crippen molar-refractivity contribution in [2.24, 2.45) is 0 Å². The number of nitrogens with zero attached hydrogens (tertiary/aromatic N) is 1. The molecular formula is C20H25N3O3. The quantitative estimate of drug-likeness (QED) is 0.836. The van der Waals surface area contributed by atoms with Gasteiger partial charge in [0.1, 0.15) is 6.26 Å². The van der Waals surface area contributed by atoms with Crippen LogP contribution in [0.2, 0.25) is 0 Å². The molecule has 138 valence electrons. The Morgan fingerprint density at radius 2 is 1.96 bits per heavy atom. The largest absolute Gasteiger partial charge is 0.472 e. The summed E-state index contributed by atoms with van der Waals surface area (Å²) < 4.78 is 4.97. The monoisotopic (exact) mass is 355 g/mol. The number of rotatable bonds is 6. The van der Waals surface area contributed by atoms with Crippen molar-refractivity contribution in [1.82, 2.24) is 10.2 Å². The molecule has 3 rings (SSSR count). The fourth-order valence-electron chi connectivity index (χ4n) is 3.18. The Bertz CT molecular complexity index is 735. The Kier molecular flexibility index (Phi) is 5.94. The second-order valence-electron chi connectivity index (χ2n) is 6.64. The van der Waals surface area contributed by atoms with Crippen LogP contribution < -0.4 is 10.6 Å². The molecule has 1 saturated heterocycles. The van der Waals surface area contributed by atoms with Gasteiger partial charge >= 0.3 is 0 Å². The van der Waals surface area contributed by atoms with E-state index in [2.05, 4.69) is 10.6 Å². The molecule has 2 N–H and O–H groups in total. The Balaban J connectivity index is 1.37. The van der Waals surface area contributed by atoms with Crippen LogP contribution in [0.15, 0.2) is 47.3 Å². The standard InChI is InChI=1S/C20H25N3O3/c1-15-4-2-3-5-18(15)21-10-6-19(24)22-17-7-11-23(12-8-17)20(25)16-9-13-26-14-16/h2-5,9,13-14,17,21H,6-8,10-12H2,1H3,(H,22,24). The second-order valence-corrected chi connectivity index (χ2v) is 6.64. The number of piperidine rings is 1. The van der Waals surface area contributed by atoms with Gasteiger partial charge in [0, 0.05) is 37.8 Å². The molecule has 6 heteroatoms. The lowest BCUT2D eigenvalue weighted by Gasteiger charge is -2.32. The van der Waals surface area contributed by atoms with Gasteiger partial charge < -0.3 is 20.0 Å². The van der Waals surface area contributed by atoms with Crippen molar-refractivity contribution in [3.8, 4) is 0 Å². The summed E-state index contributed by atoms with van der Waals surface area (Å²) in [7, 11) is 0. The lowest BCUT2D eigenvalue weighted by molar-refractivity contribution is -0.121. The predicted molar refractivity (Wildman–Crippen MR) is 100 cm³/mol. The van der Waals surface area contributed by atoms with Crippen molar-refractivity contribution in [3.05, 3.63) is 54.0 Å². The maximum absolute atomic E-state index is 12.3. The molecule has 0 atom stereocenters. The summed E-state index contributed by atoms with van der Waals surface area (Å²) in [4.78, 5) is 26.2. The smallest absolute Gasteiger partial charge is 0.257 e. The molecule has 0 bridgehead atoms. The van der Waals surface area contributed by atoms with Crippen LogP contribution in [0.25, 0.3) is 0 Å². The highest BCUT2D eigenvalue weighted by atomic mass is 16.3. The number of furan rings is 1. The number of para-hydroxylation sites is 1. The fourth-order valence-corrected chi connectivity index (χ4v) is 3.18. The summed E-state index contributed by atoms with van der Waals surface area (Å²) in [6, 6.07) is 9.85. The van der Waals surface area contributed by atoms with Crippen LogP contribution in [-0.4, -0.2) is 42.4 Å². The minimum Gasteiger partial charge on any atom is -0.472 e. The Hall–Kier alpha value is -2.76. The Morgan fingerprint density at radius 1 is 1.19 bits per heavy atom. The van der Waals surface area contributed by atoms with E-state index in [9.17, 15) is 9.59 Å². The van der Waals surface area contributed by atoms with E-state index in [0.717, 1.165) is 18.5 Å². The first-order valence-corrected chi connectivity index (χ1v) is 9.04. The van der Waals surface area contributed by atoms with Crippen molar-refractivity contribution >= 4 is 17.5 Å². The van der Waals surface area contributed by atoms with Crippen molar-refractivity contribution in [2.45, 2.75) is 32.2 Å².